The minimum atomic E-state index is -3.05. The maximum Gasteiger partial charge on any atom is 0.157 e. The largest absolute Gasteiger partial charge is 0.392 e. The van der Waals surface area contributed by atoms with Crippen LogP contribution >= 0.6 is 0 Å². The highest BCUT2D eigenvalue weighted by Crippen LogP contribution is 2.02. The van der Waals surface area contributed by atoms with Crippen molar-refractivity contribution in [1.82, 2.24) is 0 Å². The van der Waals surface area contributed by atoms with Crippen LogP contribution in [-0.4, -0.2) is 31.6 Å². The summed E-state index contributed by atoms with van der Waals surface area (Å²) in [5.74, 6) is 0.100. The van der Waals surface area contributed by atoms with Crippen molar-refractivity contribution in [2.24, 2.45) is 0 Å². The molecule has 4 heteroatoms. The smallest absolute Gasteiger partial charge is 0.157 e. The van der Waals surface area contributed by atoms with Gasteiger partial charge in [0, 0.05) is 0 Å². The highest BCUT2D eigenvalue weighted by molar-refractivity contribution is 7.91. The molecule has 0 spiro atoms. The lowest BCUT2D eigenvalue weighted by molar-refractivity contribution is 0.342. The van der Waals surface area contributed by atoms with Crippen molar-refractivity contribution in [2.45, 2.75) is 20.8 Å². The van der Waals surface area contributed by atoms with Gasteiger partial charge in [0.15, 0.2) is 9.84 Å². The van der Waals surface area contributed by atoms with E-state index in [0.717, 1.165) is 5.57 Å². The highest BCUT2D eigenvalue weighted by atomic mass is 32.2. The first-order valence-corrected chi connectivity index (χ1v) is 6.30. The molecule has 0 aliphatic rings. The Balaban J connectivity index is 4.37. The van der Waals surface area contributed by atoms with E-state index in [-0.39, 0.29) is 18.1 Å². The minimum Gasteiger partial charge on any atom is -0.392 e. The van der Waals surface area contributed by atoms with E-state index in [2.05, 4.69) is 0 Å². The molecule has 0 saturated heterocycles. The molecule has 0 heterocycles. The van der Waals surface area contributed by atoms with E-state index in [9.17, 15) is 8.42 Å². The molecule has 3 nitrogen and oxygen atoms in total. The Kier molecular flexibility index (Phi) is 5.72. The van der Waals surface area contributed by atoms with Crippen LogP contribution in [0, 0.1) is 0 Å². The summed E-state index contributed by atoms with van der Waals surface area (Å²) in [6.07, 6.45) is 3.21. The maximum absolute atomic E-state index is 11.5. The van der Waals surface area contributed by atoms with Gasteiger partial charge >= 0.3 is 0 Å². The lowest BCUT2D eigenvalue weighted by Crippen LogP contribution is -2.10. The predicted octanol–water partition coefficient (Wildman–Crippen LogP) is 1.31. The summed E-state index contributed by atoms with van der Waals surface area (Å²) < 4.78 is 22.9. The van der Waals surface area contributed by atoms with Crippen LogP contribution in [0.25, 0.3) is 0 Å². The molecule has 0 amide bonds. The molecule has 82 valence electrons. The van der Waals surface area contributed by atoms with Gasteiger partial charge in [0.05, 0.1) is 18.1 Å². The molecule has 0 fully saturated rings. The first-order chi connectivity index (χ1) is 6.37. The molecule has 0 saturated carbocycles. The summed E-state index contributed by atoms with van der Waals surface area (Å²) in [7, 11) is -3.05. The molecule has 0 bridgehead atoms. The van der Waals surface area contributed by atoms with Gasteiger partial charge in [-0.05, 0) is 20.8 Å². The number of aliphatic hydroxyl groups is 1. The average Bonchev–Trinajstić information content (AvgIpc) is 2.00. The van der Waals surface area contributed by atoms with Crippen molar-refractivity contribution in [3.8, 4) is 0 Å². The van der Waals surface area contributed by atoms with Gasteiger partial charge < -0.3 is 5.11 Å². The summed E-state index contributed by atoms with van der Waals surface area (Å²) in [6, 6.07) is 0. The summed E-state index contributed by atoms with van der Waals surface area (Å²) in [6.45, 7) is 5.33. The van der Waals surface area contributed by atoms with Crippen molar-refractivity contribution >= 4 is 9.84 Å². The monoisotopic (exact) mass is 218 g/mol. The Hall–Kier alpha value is -0.610. The molecule has 0 aromatic rings. The first kappa shape index (κ1) is 13.4. The van der Waals surface area contributed by atoms with Crippen molar-refractivity contribution in [1.29, 1.82) is 0 Å². The van der Waals surface area contributed by atoms with Gasteiger partial charge in [-0.3, -0.25) is 0 Å². The second-order valence-corrected chi connectivity index (χ2v) is 5.68. The summed E-state index contributed by atoms with van der Waals surface area (Å²) in [4.78, 5) is 0. The lowest BCUT2D eigenvalue weighted by Gasteiger charge is -2.01. The zero-order valence-corrected chi connectivity index (χ0v) is 9.76. The second-order valence-electron chi connectivity index (χ2n) is 3.57. The summed E-state index contributed by atoms with van der Waals surface area (Å²) in [5, 5.41) is 8.57. The quantitative estimate of drug-likeness (QED) is 0.708. The lowest BCUT2D eigenvalue weighted by atomic mass is 10.3. The van der Waals surface area contributed by atoms with Crippen LogP contribution in [-0.2, 0) is 9.84 Å². The fourth-order valence-corrected chi connectivity index (χ4v) is 2.43. The molecule has 0 aromatic carbocycles. The van der Waals surface area contributed by atoms with Crippen molar-refractivity contribution < 1.29 is 13.5 Å². The maximum atomic E-state index is 11.5. The Morgan fingerprint density at radius 3 is 2.21 bits per heavy atom. The summed E-state index contributed by atoms with van der Waals surface area (Å²) >= 11 is 0. The highest BCUT2D eigenvalue weighted by Gasteiger charge is 2.09. The third-order valence-electron chi connectivity index (χ3n) is 1.63. The molecular formula is C10H18O3S. The zero-order chi connectivity index (χ0) is 11.2. The molecule has 0 rings (SSSR count). The normalized spacial score (nSPS) is 12.7. The Bertz CT molecular complexity index is 319. The van der Waals surface area contributed by atoms with Crippen LogP contribution in [0.15, 0.2) is 23.3 Å². The molecule has 0 radical (unpaired) electrons. The van der Waals surface area contributed by atoms with Crippen LogP contribution in [0.4, 0.5) is 0 Å². The number of aliphatic hydroxyl groups excluding tert-OH is 1. The SMILES string of the molecule is CC(C)=CCS(=O)(=O)C/C(C)=C\CO. The van der Waals surface area contributed by atoms with Gasteiger partial charge in [-0.1, -0.05) is 23.3 Å². The first-order valence-electron chi connectivity index (χ1n) is 4.47. The molecular weight excluding hydrogens is 200 g/mol. The third kappa shape index (κ3) is 6.86. The van der Waals surface area contributed by atoms with Crippen LogP contribution in [0.1, 0.15) is 20.8 Å². The minimum absolute atomic E-state index is 0.0251. The van der Waals surface area contributed by atoms with Crippen LogP contribution in [0.5, 0.6) is 0 Å². The standard InChI is InChI=1S/C10H18O3S/c1-9(2)5-7-14(12,13)8-10(3)4-6-11/h4-5,11H,6-8H2,1-3H3/b10-4-. The Morgan fingerprint density at radius 1 is 1.21 bits per heavy atom. The zero-order valence-electron chi connectivity index (χ0n) is 8.95. The van der Waals surface area contributed by atoms with Crippen molar-refractivity contribution in [3.63, 3.8) is 0 Å². The van der Waals surface area contributed by atoms with Gasteiger partial charge in [0.1, 0.15) is 0 Å². The van der Waals surface area contributed by atoms with E-state index in [1.165, 1.54) is 6.08 Å². The molecule has 0 atom stereocenters. The van der Waals surface area contributed by atoms with E-state index in [1.54, 1.807) is 13.0 Å². The number of hydrogen-bond donors (Lipinski definition) is 1. The number of hydrogen-bond acceptors (Lipinski definition) is 3. The van der Waals surface area contributed by atoms with Crippen LogP contribution in [0.3, 0.4) is 0 Å². The molecule has 1 N–H and O–H groups in total. The summed E-state index contributed by atoms with van der Waals surface area (Å²) in [5.41, 5.74) is 1.69. The fraction of sp³-hybridized carbons (Fsp3) is 0.600. The number of rotatable bonds is 5. The van der Waals surface area contributed by atoms with Crippen LogP contribution in [0.2, 0.25) is 0 Å². The van der Waals surface area contributed by atoms with Gasteiger partial charge in [0.2, 0.25) is 0 Å². The number of sulfone groups is 1. The molecule has 14 heavy (non-hydrogen) atoms. The van der Waals surface area contributed by atoms with Gasteiger partial charge in [-0.15, -0.1) is 0 Å². The Morgan fingerprint density at radius 2 is 1.79 bits per heavy atom. The van der Waals surface area contributed by atoms with E-state index in [4.69, 9.17) is 5.11 Å². The van der Waals surface area contributed by atoms with Crippen molar-refractivity contribution in [2.75, 3.05) is 18.1 Å². The van der Waals surface area contributed by atoms with E-state index < -0.39 is 9.84 Å². The third-order valence-corrected chi connectivity index (χ3v) is 3.20. The molecule has 0 aliphatic heterocycles. The Labute approximate surface area is 86.1 Å². The number of allylic oxidation sites excluding steroid dienone is 1. The second kappa shape index (κ2) is 5.98. The topological polar surface area (TPSA) is 54.4 Å². The van der Waals surface area contributed by atoms with E-state index in [1.807, 2.05) is 13.8 Å². The predicted molar refractivity (Wildman–Crippen MR) is 58.9 cm³/mol. The van der Waals surface area contributed by atoms with Gasteiger partial charge in [-0.2, -0.15) is 0 Å². The molecule has 0 aliphatic carbocycles. The fourth-order valence-electron chi connectivity index (χ4n) is 0.914. The molecule has 0 aromatic heterocycles. The van der Waals surface area contributed by atoms with Gasteiger partial charge in [0.25, 0.3) is 0 Å². The average molecular weight is 218 g/mol. The van der Waals surface area contributed by atoms with Crippen LogP contribution < -0.4 is 0 Å². The van der Waals surface area contributed by atoms with E-state index >= 15 is 0 Å². The van der Waals surface area contributed by atoms with Crippen molar-refractivity contribution in [3.05, 3.63) is 23.3 Å². The molecule has 0 unspecified atom stereocenters. The van der Waals surface area contributed by atoms with Gasteiger partial charge in [-0.25, -0.2) is 8.42 Å². The van der Waals surface area contributed by atoms with E-state index in [0.29, 0.717) is 5.57 Å².